The van der Waals surface area contributed by atoms with Crippen LogP contribution in [0.1, 0.15) is 50.2 Å². The molecule has 0 unspecified atom stereocenters. The van der Waals surface area contributed by atoms with Crippen molar-refractivity contribution in [3.8, 4) is 0 Å². The second-order valence-electron chi connectivity index (χ2n) is 10.4. The largest absolute Gasteiger partial charge is 0.416 e. The highest BCUT2D eigenvalue weighted by Gasteiger charge is 2.39. The number of halogens is 7. The number of aromatic nitrogens is 1. The number of nitrogens with one attached hydrogen (secondary N) is 1. The standard InChI is InChI=1S/C31H24ClF6N3O2/c32-22-7-5-18(6-8-22)13-24-10-9-23(40-28(42)26-11-12-39-27-4-2-1-3-25(26)27)17-41(24)29(43)19-14-20(30(33,34)35)16-21(15-19)31(36,37)38/h1-8,11-12,14-16,23-24H,9-10,13,17H2,(H,40,42)/t23-,24+/m1/s1. The van der Waals surface area contributed by atoms with Gasteiger partial charge in [-0.1, -0.05) is 41.9 Å². The molecule has 224 valence electrons. The van der Waals surface area contributed by atoms with Crippen LogP contribution in [0.4, 0.5) is 26.3 Å². The first-order chi connectivity index (χ1) is 20.3. The van der Waals surface area contributed by atoms with E-state index in [0.717, 1.165) is 5.56 Å². The number of carbonyl (C=O) groups is 2. The maximum absolute atomic E-state index is 13.7. The summed E-state index contributed by atoms with van der Waals surface area (Å²) in [6, 6.07) is 15.0. The molecule has 0 bridgehead atoms. The molecule has 5 nitrogen and oxygen atoms in total. The molecule has 1 aliphatic rings. The van der Waals surface area contributed by atoms with Gasteiger partial charge in [0.15, 0.2) is 0 Å². The van der Waals surface area contributed by atoms with Crippen LogP contribution in [0.25, 0.3) is 10.9 Å². The van der Waals surface area contributed by atoms with E-state index < -0.39 is 52.9 Å². The number of nitrogens with zero attached hydrogens (tertiary/aromatic N) is 2. The Hall–Kier alpha value is -4.12. The Balaban J connectivity index is 1.46. The second kappa shape index (κ2) is 11.9. The Kier molecular flexibility index (Phi) is 8.38. The lowest BCUT2D eigenvalue weighted by Crippen LogP contribution is -2.54. The van der Waals surface area contributed by atoms with Gasteiger partial charge in [-0.3, -0.25) is 14.6 Å². The summed E-state index contributed by atoms with van der Waals surface area (Å²) in [5.74, 6) is -1.44. The Bertz CT molecular complexity index is 1620. The minimum absolute atomic E-state index is 0.0136. The molecule has 2 amide bonds. The predicted octanol–water partition coefficient (Wildman–Crippen LogP) is 7.57. The molecule has 1 N–H and O–H groups in total. The Morgan fingerprint density at radius 2 is 1.53 bits per heavy atom. The van der Waals surface area contributed by atoms with Crippen molar-refractivity contribution in [3.63, 3.8) is 0 Å². The fraction of sp³-hybridized carbons (Fsp3) is 0.258. The number of pyridine rings is 1. The lowest BCUT2D eigenvalue weighted by molar-refractivity contribution is -0.143. The van der Waals surface area contributed by atoms with Crippen molar-refractivity contribution in [1.82, 2.24) is 15.2 Å². The number of rotatable bonds is 5. The number of para-hydroxylation sites is 1. The van der Waals surface area contributed by atoms with E-state index >= 15 is 0 Å². The third-order valence-electron chi connectivity index (χ3n) is 7.42. The summed E-state index contributed by atoms with van der Waals surface area (Å²) in [7, 11) is 0. The van der Waals surface area contributed by atoms with Gasteiger partial charge in [0.05, 0.1) is 22.2 Å². The van der Waals surface area contributed by atoms with Gasteiger partial charge >= 0.3 is 12.4 Å². The maximum atomic E-state index is 13.7. The van der Waals surface area contributed by atoms with Crippen LogP contribution in [0, 0.1) is 0 Å². The molecule has 43 heavy (non-hydrogen) atoms. The van der Waals surface area contributed by atoms with Gasteiger partial charge in [0.1, 0.15) is 0 Å². The molecule has 2 atom stereocenters. The van der Waals surface area contributed by atoms with Gasteiger partial charge in [0.25, 0.3) is 11.8 Å². The van der Waals surface area contributed by atoms with Gasteiger partial charge < -0.3 is 10.2 Å². The molecule has 0 aliphatic carbocycles. The van der Waals surface area contributed by atoms with Gasteiger partial charge in [0.2, 0.25) is 0 Å². The summed E-state index contributed by atoms with van der Waals surface area (Å²) in [5.41, 5.74) is -2.17. The third kappa shape index (κ3) is 6.93. The van der Waals surface area contributed by atoms with Gasteiger partial charge in [-0.25, -0.2) is 0 Å². The summed E-state index contributed by atoms with van der Waals surface area (Å²) in [5, 5.41) is 3.98. The maximum Gasteiger partial charge on any atom is 0.416 e. The zero-order valence-electron chi connectivity index (χ0n) is 22.3. The van der Waals surface area contributed by atoms with Crippen molar-refractivity contribution in [2.75, 3.05) is 6.54 Å². The molecule has 4 aromatic rings. The number of carbonyl (C=O) groups excluding carboxylic acids is 2. The monoisotopic (exact) mass is 619 g/mol. The lowest BCUT2D eigenvalue weighted by Gasteiger charge is -2.40. The second-order valence-corrected chi connectivity index (χ2v) is 10.8. The van der Waals surface area contributed by atoms with E-state index in [-0.39, 0.29) is 19.0 Å². The van der Waals surface area contributed by atoms with E-state index in [4.69, 9.17) is 11.6 Å². The highest BCUT2D eigenvalue weighted by atomic mass is 35.5. The number of piperidine rings is 1. The van der Waals surface area contributed by atoms with Gasteiger partial charge in [-0.05, 0) is 67.3 Å². The first kappa shape index (κ1) is 30.3. The van der Waals surface area contributed by atoms with Crippen LogP contribution in [0.3, 0.4) is 0 Å². The van der Waals surface area contributed by atoms with Crippen LogP contribution in [-0.4, -0.2) is 40.3 Å². The molecular weight excluding hydrogens is 596 g/mol. The first-order valence-electron chi connectivity index (χ1n) is 13.3. The summed E-state index contributed by atoms with van der Waals surface area (Å²) >= 11 is 5.98. The van der Waals surface area contributed by atoms with E-state index in [1.54, 1.807) is 54.6 Å². The lowest BCUT2D eigenvalue weighted by atomic mass is 9.91. The van der Waals surface area contributed by atoms with Crippen LogP contribution in [0.5, 0.6) is 0 Å². The molecule has 1 fully saturated rings. The number of likely N-dealkylation sites (tertiary alicyclic amines) is 1. The van der Waals surface area contributed by atoms with Gasteiger partial charge in [0, 0.05) is 40.8 Å². The third-order valence-corrected chi connectivity index (χ3v) is 7.67. The minimum Gasteiger partial charge on any atom is -0.348 e. The average Bonchev–Trinajstić information content (AvgIpc) is 2.97. The van der Waals surface area contributed by atoms with Crippen LogP contribution in [0.2, 0.25) is 5.02 Å². The van der Waals surface area contributed by atoms with Crippen molar-refractivity contribution in [2.24, 2.45) is 0 Å². The molecule has 5 rings (SSSR count). The predicted molar refractivity (Wildman–Crippen MR) is 149 cm³/mol. The SMILES string of the molecule is O=C(N[C@@H]1CC[C@@H](Cc2ccc(Cl)cc2)N(C(=O)c2cc(C(F)(F)F)cc(C(F)(F)F)c2)C1)c1ccnc2ccccc12. The van der Waals surface area contributed by atoms with Crippen molar-refractivity contribution >= 4 is 34.3 Å². The van der Waals surface area contributed by atoms with E-state index in [0.29, 0.717) is 46.5 Å². The molecule has 0 radical (unpaired) electrons. The highest BCUT2D eigenvalue weighted by molar-refractivity contribution is 6.30. The highest BCUT2D eigenvalue weighted by Crippen LogP contribution is 2.37. The summed E-state index contributed by atoms with van der Waals surface area (Å²) in [4.78, 5) is 32.5. The van der Waals surface area contributed by atoms with E-state index in [2.05, 4.69) is 10.3 Å². The number of fused-ring (bicyclic) bond motifs is 1. The van der Waals surface area contributed by atoms with Crippen molar-refractivity contribution < 1.29 is 35.9 Å². The number of benzene rings is 3. The smallest absolute Gasteiger partial charge is 0.348 e. The molecular formula is C31H24ClF6N3O2. The number of amides is 2. The molecule has 12 heteroatoms. The van der Waals surface area contributed by atoms with Gasteiger partial charge in [-0.2, -0.15) is 26.3 Å². The Labute approximate surface area is 247 Å². The molecule has 2 heterocycles. The Morgan fingerprint density at radius 1 is 0.884 bits per heavy atom. The van der Waals surface area contributed by atoms with Crippen molar-refractivity contribution in [2.45, 2.75) is 43.7 Å². The van der Waals surface area contributed by atoms with Crippen LogP contribution < -0.4 is 5.32 Å². The number of alkyl halides is 6. The van der Waals surface area contributed by atoms with Crippen LogP contribution in [0.15, 0.2) is 79.0 Å². The first-order valence-corrected chi connectivity index (χ1v) is 13.7. The number of hydrogen-bond acceptors (Lipinski definition) is 3. The zero-order chi connectivity index (χ0) is 30.9. The molecule has 0 spiro atoms. The minimum atomic E-state index is -5.11. The van der Waals surface area contributed by atoms with Crippen molar-refractivity contribution in [1.29, 1.82) is 0 Å². The summed E-state index contributed by atoms with van der Waals surface area (Å²) in [6.45, 7) is -0.122. The molecule has 3 aromatic carbocycles. The van der Waals surface area contributed by atoms with Crippen LogP contribution >= 0.6 is 11.6 Å². The quantitative estimate of drug-likeness (QED) is 0.234. The fourth-order valence-electron chi connectivity index (χ4n) is 5.30. The van der Waals surface area contributed by atoms with E-state index in [9.17, 15) is 35.9 Å². The fourth-order valence-corrected chi connectivity index (χ4v) is 5.43. The molecule has 1 saturated heterocycles. The van der Waals surface area contributed by atoms with E-state index in [1.165, 1.54) is 11.1 Å². The van der Waals surface area contributed by atoms with Crippen LogP contribution in [-0.2, 0) is 18.8 Å². The molecule has 1 aromatic heterocycles. The summed E-state index contributed by atoms with van der Waals surface area (Å²) in [6.07, 6.45) is -7.68. The number of hydrogen-bond donors (Lipinski definition) is 1. The molecule has 1 aliphatic heterocycles. The van der Waals surface area contributed by atoms with Crippen molar-refractivity contribution in [3.05, 3.63) is 112 Å². The zero-order valence-corrected chi connectivity index (χ0v) is 23.1. The molecule has 0 saturated carbocycles. The normalized spacial score (nSPS) is 17.6. The van der Waals surface area contributed by atoms with Gasteiger partial charge in [-0.15, -0.1) is 0 Å². The van der Waals surface area contributed by atoms with E-state index in [1.807, 2.05) is 0 Å². The summed E-state index contributed by atoms with van der Waals surface area (Å²) < 4.78 is 81.4. The topological polar surface area (TPSA) is 62.3 Å². The Morgan fingerprint density at radius 3 is 2.19 bits per heavy atom. The average molecular weight is 620 g/mol.